The lowest BCUT2D eigenvalue weighted by atomic mass is 10.4. The highest BCUT2D eigenvalue weighted by Crippen LogP contribution is 2.15. The van der Waals surface area contributed by atoms with Crippen LogP contribution in [0.1, 0.15) is 0 Å². The average molecular weight is 371 g/mol. The average Bonchev–Trinajstić information content (AvgIpc) is 2.42. The molecule has 0 aliphatic rings. The van der Waals surface area contributed by atoms with Crippen molar-refractivity contribution >= 4 is 39.8 Å². The maximum Gasteiger partial charge on any atom is 0.235 e. The highest BCUT2D eigenvalue weighted by atomic mass is 35.5. The molecule has 1 amide bonds. The molecule has 0 heterocycles. The van der Waals surface area contributed by atoms with Crippen LogP contribution in [0.2, 0.25) is 5.02 Å². The van der Waals surface area contributed by atoms with Crippen LogP contribution in [0.5, 0.6) is 0 Å². The van der Waals surface area contributed by atoms with Crippen LogP contribution in [0.3, 0.4) is 0 Å². The molecule has 2 N–H and O–H groups in total. The Bertz CT molecular complexity index is 550. The second-order valence-electron chi connectivity index (χ2n) is 4.31. The van der Waals surface area contributed by atoms with Crippen molar-refractivity contribution in [3.8, 4) is 0 Å². The molecule has 0 unspecified atom stereocenters. The first-order valence-corrected chi connectivity index (χ1v) is 8.43. The van der Waals surface area contributed by atoms with Gasteiger partial charge in [-0.25, -0.2) is 8.42 Å². The quantitative estimate of drug-likeness (QED) is 0.630. The monoisotopic (exact) mass is 370 g/mol. The van der Waals surface area contributed by atoms with E-state index in [1.807, 2.05) is 0 Å². The first-order chi connectivity index (χ1) is 9.95. The molecule has 126 valence electrons. The topological polar surface area (TPSA) is 84.5 Å². The highest BCUT2D eigenvalue weighted by molar-refractivity contribution is 7.92. The van der Waals surface area contributed by atoms with Gasteiger partial charge >= 0.3 is 0 Å². The van der Waals surface area contributed by atoms with Crippen LogP contribution >= 0.6 is 24.0 Å². The third kappa shape index (κ3) is 7.95. The molecule has 0 atom stereocenters. The summed E-state index contributed by atoms with van der Waals surface area (Å²) in [4.78, 5) is 11.7. The van der Waals surface area contributed by atoms with Gasteiger partial charge < -0.3 is 15.4 Å². The molecule has 0 saturated heterocycles. The van der Waals surface area contributed by atoms with Crippen LogP contribution in [0.25, 0.3) is 0 Å². The molecule has 22 heavy (non-hydrogen) atoms. The molecule has 9 heteroatoms. The fourth-order valence-corrected chi connectivity index (χ4v) is 2.83. The minimum atomic E-state index is -3.64. The Morgan fingerprint density at radius 2 is 1.82 bits per heavy atom. The third-order valence-corrected chi connectivity index (χ3v) is 4.49. The first-order valence-electron chi connectivity index (χ1n) is 6.40. The van der Waals surface area contributed by atoms with E-state index < -0.39 is 21.5 Å². The number of halogens is 2. The Kier molecular flexibility index (Phi) is 10.4. The molecule has 1 aromatic carbocycles. The Hall–Kier alpha value is -0.860. The van der Waals surface area contributed by atoms with Crippen molar-refractivity contribution in [1.29, 1.82) is 0 Å². The van der Waals surface area contributed by atoms with E-state index in [1.54, 1.807) is 7.11 Å². The first kappa shape index (κ1) is 21.1. The van der Waals surface area contributed by atoms with Gasteiger partial charge in [-0.15, -0.1) is 12.4 Å². The molecule has 1 rings (SSSR count). The second-order valence-corrected chi connectivity index (χ2v) is 6.73. The summed E-state index contributed by atoms with van der Waals surface area (Å²) in [7, 11) is -2.04. The van der Waals surface area contributed by atoms with Crippen molar-refractivity contribution in [3.05, 3.63) is 29.3 Å². The van der Waals surface area contributed by atoms with Crippen molar-refractivity contribution in [2.24, 2.45) is 0 Å². The standard InChI is InChI=1S/C13H19ClN2O4S.ClH/c1-20-9-8-15-6-7-16-13(17)10-21(18,19)12-4-2-11(14)3-5-12;/h2-5,15H,6-10H2,1H3,(H,16,17);1H. The van der Waals surface area contributed by atoms with Crippen molar-refractivity contribution in [3.63, 3.8) is 0 Å². The number of hydrogen-bond acceptors (Lipinski definition) is 5. The van der Waals surface area contributed by atoms with E-state index in [4.69, 9.17) is 16.3 Å². The van der Waals surface area contributed by atoms with Gasteiger partial charge in [0.15, 0.2) is 9.84 Å². The highest BCUT2D eigenvalue weighted by Gasteiger charge is 2.18. The molecular formula is C13H20Cl2N2O4S. The van der Waals surface area contributed by atoms with E-state index in [0.29, 0.717) is 31.3 Å². The lowest BCUT2D eigenvalue weighted by Gasteiger charge is -2.07. The molecule has 0 fully saturated rings. The zero-order chi connectivity index (χ0) is 15.7. The molecule has 0 saturated carbocycles. The second kappa shape index (κ2) is 10.8. The number of sulfone groups is 1. The van der Waals surface area contributed by atoms with E-state index in [1.165, 1.54) is 24.3 Å². The number of carbonyl (C=O) groups excluding carboxylic acids is 1. The van der Waals surface area contributed by atoms with Crippen LogP contribution in [0.15, 0.2) is 29.2 Å². The van der Waals surface area contributed by atoms with Crippen LogP contribution < -0.4 is 10.6 Å². The lowest BCUT2D eigenvalue weighted by molar-refractivity contribution is -0.118. The lowest BCUT2D eigenvalue weighted by Crippen LogP contribution is -2.36. The number of carbonyl (C=O) groups is 1. The van der Waals surface area contributed by atoms with E-state index in [9.17, 15) is 13.2 Å². The smallest absolute Gasteiger partial charge is 0.235 e. The molecule has 0 spiro atoms. The summed E-state index contributed by atoms with van der Waals surface area (Å²) in [6.07, 6.45) is 0. The predicted molar refractivity (Wildman–Crippen MR) is 88.5 cm³/mol. The van der Waals surface area contributed by atoms with Crippen LogP contribution in [-0.2, 0) is 19.4 Å². The Labute approximate surface area is 141 Å². The number of benzene rings is 1. The van der Waals surface area contributed by atoms with Crippen molar-refractivity contribution in [2.45, 2.75) is 4.90 Å². The van der Waals surface area contributed by atoms with E-state index in [2.05, 4.69) is 10.6 Å². The molecule has 1 aromatic rings. The maximum atomic E-state index is 12.0. The van der Waals surface area contributed by atoms with Gasteiger partial charge in [0.2, 0.25) is 5.91 Å². The molecular weight excluding hydrogens is 351 g/mol. The predicted octanol–water partition coefficient (Wildman–Crippen LogP) is 0.888. The number of ether oxygens (including phenoxy) is 1. The Balaban J connectivity index is 0.00000441. The Morgan fingerprint density at radius 3 is 2.41 bits per heavy atom. The van der Waals surface area contributed by atoms with Crippen molar-refractivity contribution in [1.82, 2.24) is 10.6 Å². The van der Waals surface area contributed by atoms with Crippen molar-refractivity contribution < 1.29 is 17.9 Å². The molecule has 0 radical (unpaired) electrons. The van der Waals surface area contributed by atoms with Crippen molar-refractivity contribution in [2.75, 3.05) is 39.1 Å². The number of rotatable bonds is 9. The molecule has 6 nitrogen and oxygen atoms in total. The molecule has 0 aromatic heterocycles. The fourth-order valence-electron chi connectivity index (χ4n) is 1.54. The maximum absolute atomic E-state index is 12.0. The van der Waals surface area contributed by atoms with Gasteiger partial charge in [0.1, 0.15) is 5.75 Å². The number of amides is 1. The Morgan fingerprint density at radius 1 is 1.18 bits per heavy atom. The van der Waals surface area contributed by atoms with Crippen LogP contribution in [-0.4, -0.2) is 53.4 Å². The van der Waals surface area contributed by atoms with Gasteiger partial charge in [-0.2, -0.15) is 0 Å². The minimum Gasteiger partial charge on any atom is -0.383 e. The van der Waals surface area contributed by atoms with E-state index in [0.717, 1.165) is 0 Å². The summed E-state index contributed by atoms with van der Waals surface area (Å²) in [5, 5.41) is 6.03. The molecule has 0 aliphatic heterocycles. The van der Waals surface area contributed by atoms with E-state index in [-0.39, 0.29) is 17.3 Å². The largest absolute Gasteiger partial charge is 0.383 e. The van der Waals surface area contributed by atoms with Crippen LogP contribution in [0, 0.1) is 0 Å². The summed E-state index contributed by atoms with van der Waals surface area (Å²) in [5.41, 5.74) is 0. The van der Waals surface area contributed by atoms with Gasteiger partial charge in [-0.1, -0.05) is 11.6 Å². The summed E-state index contributed by atoms with van der Waals surface area (Å²) in [6, 6.07) is 5.73. The summed E-state index contributed by atoms with van der Waals surface area (Å²) in [6.45, 7) is 2.17. The zero-order valence-electron chi connectivity index (χ0n) is 12.2. The SMILES string of the molecule is COCCNCCNC(=O)CS(=O)(=O)c1ccc(Cl)cc1.Cl. The summed E-state index contributed by atoms with van der Waals surface area (Å²) >= 11 is 5.70. The molecule has 0 aliphatic carbocycles. The molecule has 0 bridgehead atoms. The minimum absolute atomic E-state index is 0. The zero-order valence-corrected chi connectivity index (χ0v) is 14.6. The van der Waals surface area contributed by atoms with Gasteiger partial charge in [0, 0.05) is 31.8 Å². The summed E-state index contributed by atoms with van der Waals surface area (Å²) < 4.78 is 28.8. The van der Waals surface area contributed by atoms with Crippen LogP contribution in [0.4, 0.5) is 0 Å². The number of hydrogen-bond donors (Lipinski definition) is 2. The summed E-state index contributed by atoms with van der Waals surface area (Å²) in [5.74, 6) is -1.11. The number of methoxy groups -OCH3 is 1. The van der Waals surface area contributed by atoms with Gasteiger partial charge in [-0.3, -0.25) is 4.79 Å². The van der Waals surface area contributed by atoms with Gasteiger partial charge in [0.25, 0.3) is 0 Å². The normalized spacial score (nSPS) is 10.8. The fraction of sp³-hybridized carbons (Fsp3) is 0.462. The third-order valence-electron chi connectivity index (χ3n) is 2.60. The van der Waals surface area contributed by atoms with Gasteiger partial charge in [-0.05, 0) is 24.3 Å². The van der Waals surface area contributed by atoms with E-state index >= 15 is 0 Å². The number of nitrogens with one attached hydrogen (secondary N) is 2. The van der Waals surface area contributed by atoms with Gasteiger partial charge in [0.05, 0.1) is 11.5 Å².